The van der Waals surface area contributed by atoms with Gasteiger partial charge in [-0.15, -0.1) is 0 Å². The summed E-state index contributed by atoms with van der Waals surface area (Å²) in [6.45, 7) is 8.11. The first-order valence-corrected chi connectivity index (χ1v) is 7.84. The Bertz CT molecular complexity index is 605. The van der Waals surface area contributed by atoms with Crippen molar-refractivity contribution in [3.05, 3.63) is 17.8 Å². The molecule has 0 amide bonds. The van der Waals surface area contributed by atoms with Crippen molar-refractivity contribution in [2.45, 2.75) is 45.3 Å². The molecule has 24 heavy (non-hydrogen) atoms. The fourth-order valence-electron chi connectivity index (χ4n) is 2.19. The van der Waals surface area contributed by atoms with Crippen LogP contribution >= 0.6 is 0 Å². The van der Waals surface area contributed by atoms with Crippen LogP contribution in [0.4, 0.5) is 14.6 Å². The lowest BCUT2D eigenvalue weighted by atomic mass is 9.77. The van der Waals surface area contributed by atoms with Crippen LogP contribution in [-0.4, -0.2) is 55.1 Å². The summed E-state index contributed by atoms with van der Waals surface area (Å²) in [7, 11) is 2.92. The minimum Gasteiger partial charge on any atom is -0.399 e. The molecule has 2 rings (SSSR count). The van der Waals surface area contributed by atoms with E-state index in [0.717, 1.165) is 0 Å². The predicted molar refractivity (Wildman–Crippen MR) is 91.6 cm³/mol. The van der Waals surface area contributed by atoms with Crippen molar-refractivity contribution < 1.29 is 18.1 Å². The van der Waals surface area contributed by atoms with E-state index in [9.17, 15) is 8.78 Å². The van der Waals surface area contributed by atoms with Gasteiger partial charge in [0.25, 0.3) is 6.43 Å². The van der Waals surface area contributed by atoms with Crippen LogP contribution < -0.4 is 5.46 Å². The van der Waals surface area contributed by atoms with Crippen LogP contribution in [0.3, 0.4) is 0 Å². The summed E-state index contributed by atoms with van der Waals surface area (Å²) in [6, 6.07) is 1.29. The zero-order valence-electron chi connectivity index (χ0n) is 15.0. The molecule has 1 aromatic heterocycles. The van der Waals surface area contributed by atoms with Crippen LogP contribution in [0.1, 0.15) is 39.7 Å². The normalized spacial score (nSPS) is 19.8. The fourth-order valence-corrected chi connectivity index (χ4v) is 2.19. The minimum absolute atomic E-state index is 0.166. The van der Waals surface area contributed by atoms with Gasteiger partial charge in [-0.2, -0.15) is 0 Å². The third kappa shape index (κ3) is 3.99. The van der Waals surface area contributed by atoms with E-state index in [-0.39, 0.29) is 16.8 Å². The van der Waals surface area contributed by atoms with Crippen molar-refractivity contribution >= 4 is 24.6 Å². The van der Waals surface area contributed by atoms with E-state index in [1.165, 1.54) is 12.3 Å². The van der Waals surface area contributed by atoms with Gasteiger partial charge < -0.3 is 14.2 Å². The monoisotopic (exact) mass is 339 g/mol. The third-order valence-corrected chi connectivity index (χ3v) is 4.37. The number of nitrogens with zero attached hydrogens (tertiary/aromatic N) is 3. The highest BCUT2D eigenvalue weighted by Crippen LogP contribution is 2.37. The van der Waals surface area contributed by atoms with E-state index in [1.807, 2.05) is 46.7 Å². The lowest BCUT2D eigenvalue weighted by molar-refractivity contribution is 0.00578. The maximum atomic E-state index is 13.5. The van der Waals surface area contributed by atoms with Crippen LogP contribution in [0, 0.1) is 0 Å². The average Bonchev–Trinajstić information content (AvgIpc) is 2.66. The van der Waals surface area contributed by atoms with Crippen molar-refractivity contribution in [1.82, 2.24) is 9.88 Å². The topological polar surface area (TPSA) is 47.0 Å². The van der Waals surface area contributed by atoms with E-state index >= 15 is 0 Å². The van der Waals surface area contributed by atoms with Gasteiger partial charge in [0, 0.05) is 30.0 Å². The SMILES string of the molecule is CN(C)C/C=N/c1cc(C(F)F)c(B2OC(C)(C)C(C)(C)O2)cn1. The summed E-state index contributed by atoms with van der Waals surface area (Å²) < 4.78 is 38.7. The van der Waals surface area contributed by atoms with Gasteiger partial charge in [-0.3, -0.25) is 0 Å². The van der Waals surface area contributed by atoms with Crippen LogP contribution in [0.15, 0.2) is 17.3 Å². The molecule has 0 bridgehead atoms. The Morgan fingerprint density at radius 1 is 1.25 bits per heavy atom. The standard InChI is InChI=1S/C16H24BF2N3O2/c1-15(2)16(3,4)24-17(23-15)12-10-21-13(9-11(12)14(18)19)20-7-8-22(5)6/h7,9-10,14H,8H2,1-6H3/b20-7+. The fraction of sp³-hybridized carbons (Fsp3) is 0.625. The highest BCUT2D eigenvalue weighted by atomic mass is 19.3. The summed E-state index contributed by atoms with van der Waals surface area (Å²) in [5.41, 5.74) is -1.12. The number of alkyl halides is 2. The molecule has 0 spiro atoms. The molecule has 0 unspecified atom stereocenters. The Kier molecular flexibility index (Phi) is 5.42. The van der Waals surface area contributed by atoms with E-state index in [0.29, 0.717) is 6.54 Å². The van der Waals surface area contributed by atoms with Gasteiger partial charge in [-0.1, -0.05) is 0 Å². The summed E-state index contributed by atoms with van der Waals surface area (Å²) in [6.07, 6.45) is 0.336. The van der Waals surface area contributed by atoms with Gasteiger partial charge in [0.1, 0.15) is 0 Å². The van der Waals surface area contributed by atoms with E-state index in [1.54, 1.807) is 6.21 Å². The van der Waals surface area contributed by atoms with Crippen molar-refractivity contribution in [3.8, 4) is 0 Å². The Morgan fingerprint density at radius 2 is 1.83 bits per heavy atom. The van der Waals surface area contributed by atoms with Crippen molar-refractivity contribution in [2.24, 2.45) is 4.99 Å². The largest absolute Gasteiger partial charge is 0.496 e. The molecule has 2 heterocycles. The number of halogens is 2. The van der Waals surface area contributed by atoms with Gasteiger partial charge in [-0.25, -0.2) is 18.8 Å². The second kappa shape index (κ2) is 6.86. The van der Waals surface area contributed by atoms with Gasteiger partial charge in [-0.05, 0) is 47.9 Å². The second-order valence-corrected chi connectivity index (χ2v) is 7.13. The molecule has 5 nitrogen and oxygen atoms in total. The third-order valence-electron chi connectivity index (χ3n) is 4.37. The number of rotatable bonds is 5. The maximum Gasteiger partial charge on any atom is 0.496 e. The first-order valence-electron chi connectivity index (χ1n) is 7.84. The Labute approximate surface area is 142 Å². The van der Waals surface area contributed by atoms with Gasteiger partial charge in [0.2, 0.25) is 0 Å². The zero-order valence-corrected chi connectivity index (χ0v) is 15.0. The predicted octanol–water partition coefficient (Wildman–Crippen LogP) is 2.58. The molecule has 0 radical (unpaired) electrons. The van der Waals surface area contributed by atoms with E-state index in [4.69, 9.17) is 9.31 Å². The smallest absolute Gasteiger partial charge is 0.399 e. The molecule has 0 saturated carbocycles. The zero-order chi connectivity index (χ0) is 18.1. The lowest BCUT2D eigenvalue weighted by Crippen LogP contribution is -2.41. The number of hydrogen-bond acceptors (Lipinski definition) is 5. The number of hydrogen-bond donors (Lipinski definition) is 0. The first kappa shape index (κ1) is 19.0. The molecule has 1 aliphatic heterocycles. The van der Waals surface area contributed by atoms with Crippen LogP contribution in [0.2, 0.25) is 0 Å². The Hall–Kier alpha value is -1.38. The molecular weight excluding hydrogens is 315 g/mol. The molecule has 0 aromatic carbocycles. The van der Waals surface area contributed by atoms with Crippen LogP contribution in [0.25, 0.3) is 0 Å². The van der Waals surface area contributed by atoms with E-state index in [2.05, 4.69) is 9.98 Å². The number of pyridine rings is 1. The molecule has 1 aromatic rings. The molecule has 8 heteroatoms. The maximum absolute atomic E-state index is 13.5. The lowest BCUT2D eigenvalue weighted by Gasteiger charge is -2.32. The number of aromatic nitrogens is 1. The average molecular weight is 339 g/mol. The van der Waals surface area contributed by atoms with Gasteiger partial charge in [0.05, 0.1) is 11.2 Å². The van der Waals surface area contributed by atoms with Crippen molar-refractivity contribution in [1.29, 1.82) is 0 Å². The highest BCUT2D eigenvalue weighted by molar-refractivity contribution is 6.62. The first-order chi connectivity index (χ1) is 11.0. The second-order valence-electron chi connectivity index (χ2n) is 7.13. The molecule has 1 fully saturated rings. The summed E-state index contributed by atoms with van der Waals surface area (Å²) >= 11 is 0. The van der Waals surface area contributed by atoms with Crippen LogP contribution in [0.5, 0.6) is 0 Å². The summed E-state index contributed by atoms with van der Waals surface area (Å²) in [5, 5.41) is 0. The Morgan fingerprint density at radius 3 is 2.33 bits per heavy atom. The molecule has 0 atom stereocenters. The van der Waals surface area contributed by atoms with Crippen LogP contribution in [-0.2, 0) is 9.31 Å². The quantitative estimate of drug-likeness (QED) is 0.611. The summed E-state index contributed by atoms with van der Waals surface area (Å²) in [4.78, 5) is 10.2. The van der Waals surface area contributed by atoms with Crippen molar-refractivity contribution in [3.63, 3.8) is 0 Å². The molecule has 1 saturated heterocycles. The molecule has 0 N–H and O–H groups in total. The molecule has 1 aliphatic rings. The van der Waals surface area contributed by atoms with E-state index < -0.39 is 24.7 Å². The van der Waals surface area contributed by atoms with Gasteiger partial charge in [0.15, 0.2) is 5.82 Å². The Balaban J connectivity index is 2.30. The molecule has 0 aliphatic carbocycles. The van der Waals surface area contributed by atoms with Crippen molar-refractivity contribution in [2.75, 3.05) is 20.6 Å². The minimum atomic E-state index is -2.66. The summed E-state index contributed by atoms with van der Waals surface area (Å²) in [5.74, 6) is 0.243. The molecular formula is C16H24BF2N3O2. The van der Waals surface area contributed by atoms with Gasteiger partial charge >= 0.3 is 7.12 Å². The molecule has 132 valence electrons. The number of aliphatic imine (C=N–C) groups is 1. The highest BCUT2D eigenvalue weighted by Gasteiger charge is 2.52.